The summed E-state index contributed by atoms with van der Waals surface area (Å²) < 4.78 is 0.540. The van der Waals surface area contributed by atoms with Crippen LogP contribution in [-0.2, 0) is 4.79 Å². The SMILES string of the molecule is O=C1C(=Cc2ccc3ccccc3n2)SC(=S)N1c1ccccc1. The van der Waals surface area contributed by atoms with Crippen molar-refractivity contribution in [1.29, 1.82) is 0 Å². The van der Waals surface area contributed by atoms with E-state index in [1.165, 1.54) is 11.8 Å². The first kappa shape index (κ1) is 15.1. The fourth-order valence-electron chi connectivity index (χ4n) is 2.56. The summed E-state index contributed by atoms with van der Waals surface area (Å²) in [7, 11) is 0. The van der Waals surface area contributed by atoms with Crippen LogP contribution in [0.3, 0.4) is 0 Å². The maximum atomic E-state index is 12.7. The van der Waals surface area contributed by atoms with Crippen LogP contribution in [0.15, 0.2) is 71.6 Å². The number of rotatable bonds is 2. The van der Waals surface area contributed by atoms with Crippen LogP contribution in [0.25, 0.3) is 17.0 Å². The van der Waals surface area contributed by atoms with E-state index in [0.717, 1.165) is 22.3 Å². The normalized spacial score (nSPS) is 16.3. The zero-order valence-corrected chi connectivity index (χ0v) is 14.2. The molecule has 0 saturated carbocycles. The topological polar surface area (TPSA) is 33.2 Å². The minimum Gasteiger partial charge on any atom is -0.268 e. The van der Waals surface area contributed by atoms with Crippen molar-refractivity contribution in [3.8, 4) is 0 Å². The Morgan fingerprint density at radius 2 is 1.71 bits per heavy atom. The van der Waals surface area contributed by atoms with Gasteiger partial charge in [-0.05, 0) is 30.3 Å². The van der Waals surface area contributed by atoms with Gasteiger partial charge in [0.25, 0.3) is 5.91 Å². The van der Waals surface area contributed by atoms with Crippen LogP contribution in [0.4, 0.5) is 5.69 Å². The molecule has 24 heavy (non-hydrogen) atoms. The van der Waals surface area contributed by atoms with Crippen molar-refractivity contribution < 1.29 is 4.79 Å². The van der Waals surface area contributed by atoms with Crippen LogP contribution < -0.4 is 4.90 Å². The van der Waals surface area contributed by atoms with Crippen LogP contribution in [0.5, 0.6) is 0 Å². The van der Waals surface area contributed by atoms with E-state index in [9.17, 15) is 4.79 Å². The Kier molecular flexibility index (Phi) is 3.88. The van der Waals surface area contributed by atoms with Crippen molar-refractivity contribution in [1.82, 2.24) is 4.98 Å². The van der Waals surface area contributed by atoms with E-state index >= 15 is 0 Å². The average molecular weight is 348 g/mol. The highest BCUT2D eigenvalue weighted by Gasteiger charge is 2.33. The summed E-state index contributed by atoms with van der Waals surface area (Å²) in [5, 5.41) is 1.08. The number of para-hydroxylation sites is 2. The summed E-state index contributed by atoms with van der Waals surface area (Å²) in [5.41, 5.74) is 2.45. The van der Waals surface area contributed by atoms with Gasteiger partial charge in [-0.3, -0.25) is 9.69 Å². The molecule has 3 aromatic rings. The molecular weight excluding hydrogens is 336 g/mol. The molecule has 0 N–H and O–H groups in total. The molecule has 0 spiro atoms. The van der Waals surface area contributed by atoms with E-state index in [1.54, 1.807) is 11.0 Å². The molecule has 0 bridgehead atoms. The lowest BCUT2D eigenvalue weighted by Gasteiger charge is -2.13. The fraction of sp³-hybridized carbons (Fsp3) is 0. The molecule has 116 valence electrons. The van der Waals surface area contributed by atoms with Gasteiger partial charge in [-0.1, -0.05) is 66.4 Å². The van der Waals surface area contributed by atoms with E-state index in [4.69, 9.17) is 12.2 Å². The molecule has 1 fully saturated rings. The molecule has 1 saturated heterocycles. The summed E-state index contributed by atoms with van der Waals surface area (Å²) in [6.45, 7) is 0. The van der Waals surface area contributed by atoms with Crippen molar-refractivity contribution in [3.05, 3.63) is 77.3 Å². The number of thiocarbonyl (C=S) groups is 1. The largest absolute Gasteiger partial charge is 0.270 e. The van der Waals surface area contributed by atoms with Gasteiger partial charge in [0.15, 0.2) is 4.32 Å². The zero-order valence-electron chi connectivity index (χ0n) is 12.5. The van der Waals surface area contributed by atoms with Gasteiger partial charge in [-0.2, -0.15) is 0 Å². The summed E-state index contributed by atoms with van der Waals surface area (Å²) in [5.74, 6) is -0.105. The van der Waals surface area contributed by atoms with Gasteiger partial charge in [0, 0.05) is 5.39 Å². The predicted octanol–water partition coefficient (Wildman–Crippen LogP) is 4.64. The number of carbonyl (C=O) groups is 1. The third-order valence-electron chi connectivity index (χ3n) is 3.71. The number of amides is 1. The highest BCUT2D eigenvalue weighted by molar-refractivity contribution is 8.27. The molecule has 3 nitrogen and oxygen atoms in total. The smallest absolute Gasteiger partial charge is 0.268 e. The third-order valence-corrected chi connectivity index (χ3v) is 5.01. The molecule has 1 aliphatic heterocycles. The number of nitrogens with zero attached hydrogens (tertiary/aromatic N) is 2. The van der Waals surface area contributed by atoms with Crippen LogP contribution in [0.1, 0.15) is 5.69 Å². The summed E-state index contributed by atoms with van der Waals surface area (Å²) in [4.78, 5) is 19.4. The Bertz CT molecular complexity index is 983. The zero-order chi connectivity index (χ0) is 16.5. The fourth-order valence-corrected chi connectivity index (χ4v) is 3.85. The van der Waals surface area contributed by atoms with Gasteiger partial charge in [-0.15, -0.1) is 0 Å². The van der Waals surface area contributed by atoms with Gasteiger partial charge in [0.2, 0.25) is 0 Å². The maximum absolute atomic E-state index is 12.7. The lowest BCUT2D eigenvalue weighted by atomic mass is 10.2. The third kappa shape index (κ3) is 2.72. The molecule has 4 rings (SSSR count). The molecule has 2 heterocycles. The highest BCUT2D eigenvalue weighted by Crippen LogP contribution is 2.35. The second-order valence-electron chi connectivity index (χ2n) is 5.28. The summed E-state index contributed by atoms with van der Waals surface area (Å²) >= 11 is 6.68. The molecule has 2 aromatic carbocycles. The minimum absolute atomic E-state index is 0.105. The second kappa shape index (κ2) is 6.19. The van der Waals surface area contributed by atoms with Crippen molar-refractivity contribution in [2.24, 2.45) is 0 Å². The standard InChI is InChI=1S/C19H12N2OS2/c22-18-17(24-19(23)21(18)15-7-2-1-3-8-15)12-14-11-10-13-6-4-5-9-16(13)20-14/h1-12H. The van der Waals surface area contributed by atoms with Crippen molar-refractivity contribution in [3.63, 3.8) is 0 Å². The van der Waals surface area contributed by atoms with Gasteiger partial charge in [-0.25, -0.2) is 4.98 Å². The number of carbonyl (C=O) groups excluding carboxylic acids is 1. The Morgan fingerprint density at radius 1 is 0.958 bits per heavy atom. The van der Waals surface area contributed by atoms with Crippen LogP contribution in [0, 0.1) is 0 Å². The van der Waals surface area contributed by atoms with E-state index in [0.29, 0.717) is 9.23 Å². The molecule has 0 unspecified atom stereocenters. The predicted molar refractivity (Wildman–Crippen MR) is 104 cm³/mol. The van der Waals surface area contributed by atoms with Crippen molar-refractivity contribution >= 4 is 56.9 Å². The Balaban J connectivity index is 1.70. The number of thioether (sulfide) groups is 1. The first-order chi connectivity index (χ1) is 11.7. The van der Waals surface area contributed by atoms with E-state index in [1.807, 2.05) is 66.7 Å². The Labute approximate surface area is 149 Å². The van der Waals surface area contributed by atoms with Crippen molar-refractivity contribution in [2.75, 3.05) is 4.90 Å². The highest BCUT2D eigenvalue weighted by atomic mass is 32.2. The van der Waals surface area contributed by atoms with Crippen LogP contribution in [0.2, 0.25) is 0 Å². The Hall–Kier alpha value is -2.50. The van der Waals surface area contributed by atoms with E-state index in [-0.39, 0.29) is 5.91 Å². The second-order valence-corrected chi connectivity index (χ2v) is 6.96. The van der Waals surface area contributed by atoms with Gasteiger partial charge in [0.1, 0.15) is 0 Å². The summed E-state index contributed by atoms with van der Waals surface area (Å²) in [6.07, 6.45) is 1.80. The molecule has 1 amide bonds. The number of hydrogen-bond donors (Lipinski definition) is 0. The monoisotopic (exact) mass is 348 g/mol. The quantitative estimate of drug-likeness (QED) is 0.499. The molecule has 1 aromatic heterocycles. The number of hydrogen-bond acceptors (Lipinski definition) is 4. The Morgan fingerprint density at radius 3 is 2.54 bits per heavy atom. The van der Waals surface area contributed by atoms with E-state index in [2.05, 4.69) is 4.98 Å². The number of pyridine rings is 1. The first-order valence-corrected chi connectivity index (χ1v) is 8.64. The first-order valence-electron chi connectivity index (χ1n) is 7.41. The number of aromatic nitrogens is 1. The number of benzene rings is 2. The van der Waals surface area contributed by atoms with Crippen LogP contribution >= 0.6 is 24.0 Å². The maximum Gasteiger partial charge on any atom is 0.270 e. The molecule has 5 heteroatoms. The molecular formula is C19H12N2OS2. The average Bonchev–Trinajstić information content (AvgIpc) is 2.89. The summed E-state index contributed by atoms with van der Waals surface area (Å²) in [6, 6.07) is 21.3. The van der Waals surface area contributed by atoms with Crippen molar-refractivity contribution in [2.45, 2.75) is 0 Å². The lowest BCUT2D eigenvalue weighted by molar-refractivity contribution is -0.113. The van der Waals surface area contributed by atoms with E-state index < -0.39 is 0 Å². The lowest BCUT2D eigenvalue weighted by Crippen LogP contribution is -2.27. The van der Waals surface area contributed by atoms with Gasteiger partial charge in [0.05, 0.1) is 21.8 Å². The van der Waals surface area contributed by atoms with Gasteiger partial charge < -0.3 is 0 Å². The molecule has 1 aliphatic rings. The van der Waals surface area contributed by atoms with Crippen LogP contribution in [-0.4, -0.2) is 15.2 Å². The van der Waals surface area contributed by atoms with Gasteiger partial charge >= 0.3 is 0 Å². The molecule has 0 radical (unpaired) electrons. The molecule has 0 aliphatic carbocycles. The number of anilines is 1. The minimum atomic E-state index is -0.105. The number of fused-ring (bicyclic) bond motifs is 1. The molecule has 0 atom stereocenters.